The van der Waals surface area contributed by atoms with E-state index in [2.05, 4.69) is 6.92 Å². The molecule has 1 fully saturated rings. The fourth-order valence-corrected chi connectivity index (χ4v) is 3.59. The molecule has 1 atom stereocenters. The second-order valence-electron chi connectivity index (χ2n) is 6.62. The molecule has 1 saturated heterocycles. The lowest BCUT2D eigenvalue weighted by molar-refractivity contribution is -0.138. The maximum absolute atomic E-state index is 12.5. The molecule has 2 aromatic rings. The molecule has 0 unspecified atom stereocenters. The first-order valence-electron chi connectivity index (χ1n) is 9.17. The molecule has 0 bridgehead atoms. The molecule has 1 heterocycles. The van der Waals surface area contributed by atoms with E-state index in [0.29, 0.717) is 11.3 Å². The zero-order chi connectivity index (χ0) is 18.5. The van der Waals surface area contributed by atoms with Gasteiger partial charge in [-0.15, -0.1) is 0 Å². The highest BCUT2D eigenvalue weighted by molar-refractivity contribution is 5.99. The lowest BCUT2D eigenvalue weighted by atomic mass is 10.00. The lowest BCUT2D eigenvalue weighted by Gasteiger charge is -2.35. The zero-order valence-electron chi connectivity index (χ0n) is 15.4. The molecule has 5 nitrogen and oxygen atoms in total. The number of fused-ring (bicyclic) bond motifs is 1. The molecule has 0 spiro atoms. The molecule has 26 heavy (non-hydrogen) atoms. The van der Waals surface area contributed by atoms with Crippen molar-refractivity contribution in [1.82, 2.24) is 4.90 Å². The van der Waals surface area contributed by atoms with Crippen molar-refractivity contribution in [3.8, 4) is 5.75 Å². The van der Waals surface area contributed by atoms with Gasteiger partial charge in [-0.3, -0.25) is 4.79 Å². The number of likely N-dealkylation sites (tertiary alicyclic amines) is 1. The Morgan fingerprint density at radius 1 is 1.15 bits per heavy atom. The van der Waals surface area contributed by atoms with Crippen LogP contribution in [0.4, 0.5) is 0 Å². The van der Waals surface area contributed by atoms with Gasteiger partial charge in [0.05, 0.1) is 7.11 Å². The minimum Gasteiger partial charge on any atom is -0.496 e. The number of esters is 1. The molecule has 0 saturated carbocycles. The summed E-state index contributed by atoms with van der Waals surface area (Å²) < 4.78 is 10.7. The number of rotatable bonds is 5. The van der Waals surface area contributed by atoms with Gasteiger partial charge >= 0.3 is 5.97 Å². The Kier molecular flexibility index (Phi) is 5.76. The van der Waals surface area contributed by atoms with Crippen molar-refractivity contribution in [3.63, 3.8) is 0 Å². The van der Waals surface area contributed by atoms with Gasteiger partial charge in [0.25, 0.3) is 5.91 Å². The summed E-state index contributed by atoms with van der Waals surface area (Å²) in [7, 11) is 1.52. The normalized spacial score (nSPS) is 17.2. The second kappa shape index (κ2) is 8.21. The van der Waals surface area contributed by atoms with E-state index in [1.54, 1.807) is 6.07 Å². The molecule has 0 aromatic heterocycles. The third kappa shape index (κ3) is 3.82. The number of ether oxygens (including phenoxy) is 2. The number of benzene rings is 2. The van der Waals surface area contributed by atoms with Gasteiger partial charge in [0, 0.05) is 12.6 Å². The molecular formula is C21H25NO4. The van der Waals surface area contributed by atoms with Crippen LogP contribution in [0.15, 0.2) is 36.4 Å². The molecule has 2 aromatic carbocycles. The number of methoxy groups -OCH3 is 1. The Morgan fingerprint density at radius 2 is 1.88 bits per heavy atom. The highest BCUT2D eigenvalue weighted by Crippen LogP contribution is 2.27. The van der Waals surface area contributed by atoms with Crippen LogP contribution in [-0.2, 0) is 9.53 Å². The minimum absolute atomic E-state index is 0.121. The van der Waals surface area contributed by atoms with Crippen molar-refractivity contribution in [1.29, 1.82) is 0 Å². The van der Waals surface area contributed by atoms with E-state index in [1.165, 1.54) is 7.11 Å². The zero-order valence-corrected chi connectivity index (χ0v) is 15.4. The summed E-state index contributed by atoms with van der Waals surface area (Å²) in [4.78, 5) is 26.9. The van der Waals surface area contributed by atoms with Gasteiger partial charge in [-0.2, -0.15) is 0 Å². The highest BCUT2D eigenvalue weighted by Gasteiger charge is 2.26. The number of carbonyl (C=O) groups excluding carboxylic acids is 2. The van der Waals surface area contributed by atoms with Crippen LogP contribution in [-0.4, -0.2) is 43.1 Å². The Hall–Kier alpha value is -2.56. The van der Waals surface area contributed by atoms with Crippen molar-refractivity contribution in [2.45, 2.75) is 38.6 Å². The van der Waals surface area contributed by atoms with Gasteiger partial charge in [0.2, 0.25) is 0 Å². The summed E-state index contributed by atoms with van der Waals surface area (Å²) in [5, 5.41) is 1.91. The number of piperidine rings is 1. The summed E-state index contributed by atoms with van der Waals surface area (Å²) in [5.74, 6) is -0.207. The number of hydrogen-bond acceptors (Lipinski definition) is 4. The Labute approximate surface area is 153 Å². The molecule has 0 aliphatic carbocycles. The van der Waals surface area contributed by atoms with Gasteiger partial charge in [0.1, 0.15) is 11.3 Å². The minimum atomic E-state index is -0.536. The van der Waals surface area contributed by atoms with Crippen LogP contribution in [0.3, 0.4) is 0 Å². The number of amides is 1. The number of hydrogen-bond donors (Lipinski definition) is 0. The number of carbonyl (C=O) groups is 2. The Balaban J connectivity index is 1.71. The monoisotopic (exact) mass is 355 g/mol. The van der Waals surface area contributed by atoms with Crippen molar-refractivity contribution in [2.75, 3.05) is 20.3 Å². The van der Waals surface area contributed by atoms with E-state index < -0.39 is 5.97 Å². The Morgan fingerprint density at radius 3 is 2.58 bits per heavy atom. The second-order valence-corrected chi connectivity index (χ2v) is 6.62. The van der Waals surface area contributed by atoms with E-state index in [1.807, 2.05) is 35.2 Å². The molecule has 1 aliphatic rings. The van der Waals surface area contributed by atoms with Gasteiger partial charge in [-0.1, -0.05) is 31.2 Å². The van der Waals surface area contributed by atoms with Crippen LogP contribution < -0.4 is 4.74 Å². The Bertz CT molecular complexity index is 802. The van der Waals surface area contributed by atoms with E-state index in [0.717, 1.165) is 43.0 Å². The molecule has 138 valence electrons. The lowest BCUT2D eigenvalue weighted by Crippen LogP contribution is -2.45. The van der Waals surface area contributed by atoms with Crippen LogP contribution in [0.2, 0.25) is 0 Å². The third-order valence-electron chi connectivity index (χ3n) is 5.03. The number of nitrogens with zero attached hydrogens (tertiary/aromatic N) is 1. The van der Waals surface area contributed by atoms with Gasteiger partial charge in [0.15, 0.2) is 6.61 Å². The third-order valence-corrected chi connectivity index (χ3v) is 5.03. The average Bonchev–Trinajstić information content (AvgIpc) is 2.70. The predicted molar refractivity (Wildman–Crippen MR) is 100 cm³/mol. The van der Waals surface area contributed by atoms with E-state index in [9.17, 15) is 9.59 Å². The smallest absolute Gasteiger partial charge is 0.342 e. The van der Waals surface area contributed by atoms with Gasteiger partial charge in [-0.05, 0) is 48.6 Å². The highest BCUT2D eigenvalue weighted by atomic mass is 16.5. The maximum atomic E-state index is 12.5. The van der Waals surface area contributed by atoms with Crippen molar-refractivity contribution in [2.24, 2.45) is 0 Å². The molecule has 1 amide bonds. The molecular weight excluding hydrogens is 330 g/mol. The van der Waals surface area contributed by atoms with Crippen molar-refractivity contribution < 1.29 is 19.1 Å². The molecule has 0 radical (unpaired) electrons. The van der Waals surface area contributed by atoms with Crippen LogP contribution >= 0.6 is 0 Å². The topological polar surface area (TPSA) is 55.8 Å². The SMILES string of the molecule is CC[C@H]1CCCCN1C(=O)COC(=O)c1cc2ccccc2cc1OC. The van der Waals surface area contributed by atoms with Crippen LogP contribution in [0.25, 0.3) is 10.8 Å². The van der Waals surface area contributed by atoms with E-state index in [-0.39, 0.29) is 18.6 Å². The predicted octanol–water partition coefficient (Wildman–Crippen LogP) is 3.80. The summed E-state index contributed by atoms with van der Waals surface area (Å²) in [5.41, 5.74) is 0.338. The fraction of sp³-hybridized carbons (Fsp3) is 0.429. The molecule has 3 rings (SSSR count). The average molecular weight is 355 g/mol. The van der Waals surface area contributed by atoms with E-state index >= 15 is 0 Å². The fourth-order valence-electron chi connectivity index (χ4n) is 3.59. The standard InChI is InChI=1S/C21H25NO4/c1-3-17-10-6-7-11-22(17)20(23)14-26-21(24)18-12-15-8-4-5-9-16(15)13-19(18)25-2/h4-5,8-9,12-13,17H,3,6-7,10-11,14H2,1-2H3/t17-/m0/s1. The van der Waals surface area contributed by atoms with Gasteiger partial charge in [-0.25, -0.2) is 4.79 Å². The first kappa shape index (κ1) is 18.2. The van der Waals surface area contributed by atoms with Gasteiger partial charge < -0.3 is 14.4 Å². The van der Waals surface area contributed by atoms with Crippen molar-refractivity contribution >= 4 is 22.6 Å². The summed E-state index contributed by atoms with van der Waals surface area (Å²) in [6, 6.07) is 11.5. The van der Waals surface area contributed by atoms with Crippen LogP contribution in [0, 0.1) is 0 Å². The summed E-state index contributed by atoms with van der Waals surface area (Å²) >= 11 is 0. The van der Waals surface area contributed by atoms with E-state index in [4.69, 9.17) is 9.47 Å². The maximum Gasteiger partial charge on any atom is 0.342 e. The molecule has 1 aliphatic heterocycles. The van der Waals surface area contributed by atoms with Crippen molar-refractivity contribution in [3.05, 3.63) is 42.0 Å². The summed E-state index contributed by atoms with van der Waals surface area (Å²) in [6.07, 6.45) is 4.11. The first-order chi connectivity index (χ1) is 12.6. The first-order valence-corrected chi connectivity index (χ1v) is 9.17. The largest absolute Gasteiger partial charge is 0.496 e. The van der Waals surface area contributed by atoms with Crippen LogP contribution in [0.1, 0.15) is 43.0 Å². The molecule has 0 N–H and O–H groups in total. The summed E-state index contributed by atoms with van der Waals surface area (Å²) in [6.45, 7) is 2.60. The van der Waals surface area contributed by atoms with Crippen LogP contribution in [0.5, 0.6) is 5.75 Å². The quantitative estimate of drug-likeness (QED) is 0.766. The molecule has 5 heteroatoms.